The van der Waals surface area contributed by atoms with Crippen LogP contribution in [0.25, 0.3) is 0 Å². The second-order valence-corrected chi connectivity index (χ2v) is 7.58. The maximum Gasteiger partial charge on any atom is 0.183 e. The maximum absolute atomic E-state index is 6.30. The third-order valence-corrected chi connectivity index (χ3v) is 5.20. The average Bonchev–Trinajstić information content (AvgIpc) is 3.19. The third kappa shape index (κ3) is 4.98. The highest BCUT2D eigenvalue weighted by Gasteiger charge is 2.11. The molecule has 0 aliphatic carbocycles. The maximum atomic E-state index is 6.30. The molecule has 0 atom stereocenters. The molecule has 1 aromatic heterocycles. The molecule has 2 heterocycles. The summed E-state index contributed by atoms with van der Waals surface area (Å²) >= 11 is 13.6. The molecule has 124 valence electrons. The zero-order chi connectivity index (χ0) is 16.1. The molecular formula is C16H19Cl2N3OS. The smallest absolute Gasteiger partial charge is 0.183 e. The second-order valence-electron chi connectivity index (χ2n) is 5.48. The Kier molecular flexibility index (Phi) is 6.00. The molecule has 0 radical (unpaired) electrons. The highest BCUT2D eigenvalue weighted by atomic mass is 35.5. The number of anilines is 1. The van der Waals surface area contributed by atoms with Gasteiger partial charge >= 0.3 is 0 Å². The molecule has 7 heteroatoms. The fraction of sp³-hybridized carbons (Fsp3) is 0.438. The van der Waals surface area contributed by atoms with Crippen LogP contribution in [0, 0.1) is 0 Å². The van der Waals surface area contributed by atoms with Crippen LogP contribution in [0.2, 0.25) is 9.49 Å². The lowest BCUT2D eigenvalue weighted by molar-refractivity contribution is 0.238. The lowest BCUT2D eigenvalue weighted by atomic mass is 10.3. The first-order chi connectivity index (χ1) is 11.2. The molecule has 1 aromatic carbocycles. The molecular weight excluding hydrogens is 353 g/mol. The van der Waals surface area contributed by atoms with Crippen LogP contribution in [0.4, 0.5) is 5.69 Å². The Morgan fingerprint density at radius 3 is 2.78 bits per heavy atom. The summed E-state index contributed by atoms with van der Waals surface area (Å²) < 4.78 is 6.35. The van der Waals surface area contributed by atoms with Crippen molar-refractivity contribution in [3.63, 3.8) is 0 Å². The Bertz CT molecular complexity index is 644. The van der Waals surface area contributed by atoms with Crippen LogP contribution in [-0.2, 0) is 6.54 Å². The molecule has 1 N–H and O–H groups in total. The lowest BCUT2D eigenvalue weighted by Crippen LogP contribution is -2.25. The van der Waals surface area contributed by atoms with Crippen molar-refractivity contribution in [2.24, 2.45) is 0 Å². The molecule has 3 rings (SSSR count). The number of hydrogen-bond acceptors (Lipinski definition) is 5. The minimum Gasteiger partial charge on any atom is -0.491 e. The summed E-state index contributed by atoms with van der Waals surface area (Å²) in [5.41, 5.74) is 0.950. The largest absolute Gasteiger partial charge is 0.491 e. The number of nitrogens with zero attached hydrogens (tertiary/aromatic N) is 2. The van der Waals surface area contributed by atoms with Crippen molar-refractivity contribution in [2.75, 3.05) is 31.6 Å². The van der Waals surface area contributed by atoms with Crippen molar-refractivity contribution in [3.05, 3.63) is 38.8 Å². The van der Waals surface area contributed by atoms with Gasteiger partial charge in [0.15, 0.2) is 4.47 Å². The van der Waals surface area contributed by atoms with E-state index in [1.54, 1.807) is 6.20 Å². The average molecular weight is 372 g/mol. The molecule has 2 aromatic rings. The molecule has 0 bridgehead atoms. The van der Waals surface area contributed by atoms with Gasteiger partial charge in [-0.3, -0.25) is 4.90 Å². The van der Waals surface area contributed by atoms with E-state index in [4.69, 9.17) is 27.9 Å². The van der Waals surface area contributed by atoms with E-state index in [0.717, 1.165) is 22.9 Å². The first kappa shape index (κ1) is 16.8. The van der Waals surface area contributed by atoms with Crippen molar-refractivity contribution in [2.45, 2.75) is 19.4 Å². The monoisotopic (exact) mass is 371 g/mol. The topological polar surface area (TPSA) is 37.4 Å². The normalized spacial score (nSPS) is 15.0. The number of rotatable bonds is 7. The second kappa shape index (κ2) is 8.20. The van der Waals surface area contributed by atoms with E-state index in [2.05, 4.69) is 15.2 Å². The number of aromatic nitrogens is 1. The van der Waals surface area contributed by atoms with E-state index in [9.17, 15) is 0 Å². The number of nitrogens with one attached hydrogen (secondary N) is 1. The van der Waals surface area contributed by atoms with Gasteiger partial charge in [0.25, 0.3) is 0 Å². The highest BCUT2D eigenvalue weighted by molar-refractivity contribution is 7.15. The van der Waals surface area contributed by atoms with Crippen LogP contribution >= 0.6 is 34.5 Å². The van der Waals surface area contributed by atoms with Crippen LogP contribution in [0.15, 0.2) is 24.4 Å². The molecule has 0 spiro atoms. The SMILES string of the molecule is Clc1ncc(CNc2ccc(OCCN3CCCC3)c(Cl)c2)s1. The van der Waals surface area contributed by atoms with Gasteiger partial charge in [-0.05, 0) is 44.1 Å². The zero-order valence-corrected chi connectivity index (χ0v) is 15.1. The Balaban J connectivity index is 1.48. The molecule has 1 fully saturated rings. The fourth-order valence-corrected chi connectivity index (χ4v) is 3.73. The summed E-state index contributed by atoms with van der Waals surface area (Å²) in [6.07, 6.45) is 4.37. The summed E-state index contributed by atoms with van der Waals surface area (Å²) in [6.45, 7) is 4.67. The van der Waals surface area contributed by atoms with E-state index >= 15 is 0 Å². The minimum atomic E-state index is 0.557. The van der Waals surface area contributed by atoms with Crippen LogP contribution in [-0.4, -0.2) is 36.1 Å². The lowest BCUT2D eigenvalue weighted by Gasteiger charge is -2.16. The van der Waals surface area contributed by atoms with E-state index in [1.807, 2.05) is 18.2 Å². The quantitative estimate of drug-likeness (QED) is 0.775. The molecule has 0 amide bonds. The fourth-order valence-electron chi connectivity index (χ4n) is 2.57. The first-order valence-corrected chi connectivity index (χ1v) is 9.27. The molecule has 1 aliphatic heterocycles. The van der Waals surface area contributed by atoms with E-state index in [-0.39, 0.29) is 0 Å². The number of likely N-dealkylation sites (tertiary alicyclic amines) is 1. The molecule has 23 heavy (non-hydrogen) atoms. The standard InChI is InChI=1S/C16H19Cl2N3OS/c17-14-9-12(19-10-13-11-20-16(18)23-13)3-4-15(14)22-8-7-21-5-1-2-6-21/h3-4,9,11,19H,1-2,5-8,10H2. The number of thiazole rings is 1. The summed E-state index contributed by atoms with van der Waals surface area (Å²) in [5, 5.41) is 3.93. The van der Waals surface area contributed by atoms with E-state index in [0.29, 0.717) is 22.6 Å². The highest BCUT2D eigenvalue weighted by Crippen LogP contribution is 2.28. The van der Waals surface area contributed by atoms with Gasteiger partial charge < -0.3 is 10.1 Å². The van der Waals surface area contributed by atoms with E-state index in [1.165, 1.54) is 37.3 Å². The van der Waals surface area contributed by atoms with Crippen molar-refractivity contribution in [3.8, 4) is 5.75 Å². The summed E-state index contributed by atoms with van der Waals surface area (Å²) in [5.74, 6) is 0.734. The Morgan fingerprint density at radius 2 is 2.09 bits per heavy atom. The van der Waals surface area contributed by atoms with Crippen LogP contribution in [0.1, 0.15) is 17.7 Å². The number of ether oxygens (including phenoxy) is 1. The van der Waals surface area contributed by atoms with Gasteiger partial charge in [-0.25, -0.2) is 4.98 Å². The van der Waals surface area contributed by atoms with Crippen LogP contribution < -0.4 is 10.1 Å². The number of halogens is 2. The van der Waals surface area contributed by atoms with Gasteiger partial charge in [0, 0.05) is 23.3 Å². The number of hydrogen-bond donors (Lipinski definition) is 1. The van der Waals surface area contributed by atoms with Gasteiger partial charge in [-0.1, -0.05) is 23.2 Å². The first-order valence-electron chi connectivity index (χ1n) is 7.69. The summed E-state index contributed by atoms with van der Waals surface area (Å²) in [7, 11) is 0. The predicted octanol–water partition coefficient (Wildman–Crippen LogP) is 4.54. The molecule has 4 nitrogen and oxygen atoms in total. The van der Waals surface area contributed by atoms with Crippen molar-refractivity contribution in [1.29, 1.82) is 0 Å². The Morgan fingerprint density at radius 1 is 1.26 bits per heavy atom. The van der Waals surface area contributed by atoms with Crippen molar-refractivity contribution in [1.82, 2.24) is 9.88 Å². The van der Waals surface area contributed by atoms with Crippen LogP contribution in [0.3, 0.4) is 0 Å². The van der Waals surface area contributed by atoms with E-state index < -0.39 is 0 Å². The van der Waals surface area contributed by atoms with Crippen LogP contribution in [0.5, 0.6) is 5.75 Å². The third-order valence-electron chi connectivity index (χ3n) is 3.79. The van der Waals surface area contributed by atoms with Gasteiger partial charge in [0.05, 0.1) is 11.6 Å². The van der Waals surface area contributed by atoms with Crippen molar-refractivity contribution >= 4 is 40.2 Å². The molecule has 0 saturated carbocycles. The van der Waals surface area contributed by atoms with Gasteiger partial charge in [0.2, 0.25) is 0 Å². The molecule has 1 saturated heterocycles. The number of benzene rings is 1. The van der Waals surface area contributed by atoms with Gasteiger partial charge in [0.1, 0.15) is 12.4 Å². The van der Waals surface area contributed by atoms with Gasteiger partial charge in [-0.15, -0.1) is 11.3 Å². The summed E-state index contributed by atoms with van der Waals surface area (Å²) in [4.78, 5) is 7.52. The molecule has 0 unspecified atom stereocenters. The predicted molar refractivity (Wildman–Crippen MR) is 97.1 cm³/mol. The Labute approximate surface area is 150 Å². The zero-order valence-electron chi connectivity index (χ0n) is 12.7. The van der Waals surface area contributed by atoms with Crippen molar-refractivity contribution < 1.29 is 4.74 Å². The molecule has 1 aliphatic rings. The van der Waals surface area contributed by atoms with Gasteiger partial charge in [-0.2, -0.15) is 0 Å². The minimum absolute atomic E-state index is 0.557. The summed E-state index contributed by atoms with van der Waals surface area (Å²) in [6, 6.07) is 5.77. The Hall–Kier alpha value is -1.01.